The number of hydrogen-bond donors (Lipinski definition) is 2. The lowest BCUT2D eigenvalue weighted by Crippen LogP contribution is -2.62. The summed E-state index contributed by atoms with van der Waals surface area (Å²) in [7, 11) is 2.96. The summed E-state index contributed by atoms with van der Waals surface area (Å²) in [6.07, 6.45) is 1.33. The summed E-state index contributed by atoms with van der Waals surface area (Å²) in [5, 5.41) is 28.7. The van der Waals surface area contributed by atoms with Crippen LogP contribution in [0.5, 0.6) is 28.7 Å². The number of hydrogen-bond acceptors (Lipinski definition) is 9. The number of nitrogens with one attached hydrogen (secondary N) is 1. The van der Waals surface area contributed by atoms with Crippen LogP contribution in [0.1, 0.15) is 69.2 Å². The predicted molar refractivity (Wildman–Crippen MR) is 143 cm³/mol. The molecule has 2 aromatic rings. The first-order chi connectivity index (χ1) is 18.9. The zero-order valence-electron chi connectivity index (χ0n) is 23.8. The van der Waals surface area contributed by atoms with Crippen LogP contribution in [0.25, 0.3) is 0 Å². The van der Waals surface area contributed by atoms with E-state index in [0.717, 1.165) is 16.7 Å². The molecule has 4 atom stereocenters. The van der Waals surface area contributed by atoms with E-state index in [1.807, 2.05) is 39.8 Å². The van der Waals surface area contributed by atoms with Gasteiger partial charge in [-0.25, -0.2) is 0 Å². The number of fused-ring (bicyclic) bond motifs is 3. The molecule has 10 heteroatoms. The van der Waals surface area contributed by atoms with Crippen LogP contribution < -0.4 is 24.3 Å². The fourth-order valence-corrected chi connectivity index (χ4v) is 7.50. The van der Waals surface area contributed by atoms with E-state index < -0.39 is 22.9 Å². The Morgan fingerprint density at radius 3 is 2.08 bits per heavy atom. The number of aromatic hydroxyl groups is 1. The van der Waals surface area contributed by atoms with Crippen molar-refractivity contribution in [1.29, 1.82) is 0 Å². The van der Waals surface area contributed by atoms with Crippen molar-refractivity contribution in [2.24, 2.45) is 11.8 Å². The zero-order chi connectivity index (χ0) is 28.6. The van der Waals surface area contributed by atoms with Crippen molar-refractivity contribution in [3.63, 3.8) is 0 Å². The second-order valence-corrected chi connectivity index (χ2v) is 12.6. The first-order valence-electron chi connectivity index (χ1n) is 13.7. The third kappa shape index (κ3) is 4.15. The van der Waals surface area contributed by atoms with Crippen LogP contribution in [0.2, 0.25) is 0 Å². The molecule has 3 aliphatic heterocycles. The quantitative estimate of drug-likeness (QED) is 0.528. The summed E-state index contributed by atoms with van der Waals surface area (Å²) in [5.74, 6) is 0.347. The van der Waals surface area contributed by atoms with E-state index in [1.165, 1.54) is 19.3 Å². The minimum atomic E-state index is -0.547. The first kappa shape index (κ1) is 27.0. The Kier molecular flexibility index (Phi) is 6.36. The normalized spacial score (nSPS) is 28.5. The van der Waals surface area contributed by atoms with E-state index in [2.05, 4.69) is 5.32 Å². The lowest BCUT2D eigenvalue weighted by molar-refractivity contribution is -0.290. The van der Waals surface area contributed by atoms with Crippen LogP contribution in [0, 0.1) is 11.8 Å². The fraction of sp³-hybridized carbons (Fsp3) is 0.567. The number of phenolic OH excluding ortho intramolecular Hbond substituents is 1. The van der Waals surface area contributed by atoms with Crippen LogP contribution in [0.15, 0.2) is 24.3 Å². The Morgan fingerprint density at radius 1 is 0.925 bits per heavy atom. The van der Waals surface area contributed by atoms with Crippen molar-refractivity contribution in [3.05, 3.63) is 41.0 Å². The van der Waals surface area contributed by atoms with Gasteiger partial charge < -0.3 is 34.1 Å². The van der Waals surface area contributed by atoms with E-state index in [9.17, 15) is 15.1 Å². The van der Waals surface area contributed by atoms with Gasteiger partial charge in [0, 0.05) is 35.0 Å². The topological polar surface area (TPSA) is 119 Å². The highest BCUT2D eigenvalue weighted by molar-refractivity contribution is 5.79. The molecule has 0 saturated carbocycles. The molecule has 6 rings (SSSR count). The highest BCUT2D eigenvalue weighted by Crippen LogP contribution is 2.56. The number of phenols is 1. The van der Waals surface area contributed by atoms with Crippen molar-refractivity contribution in [3.8, 4) is 28.7 Å². The van der Waals surface area contributed by atoms with Gasteiger partial charge in [0.2, 0.25) is 12.5 Å². The number of rotatable bonds is 5. The number of carbonyl (C=O) groups is 1. The van der Waals surface area contributed by atoms with Crippen molar-refractivity contribution in [2.75, 3.05) is 27.6 Å². The third-order valence-corrected chi connectivity index (χ3v) is 9.06. The fourth-order valence-electron chi connectivity index (χ4n) is 7.50. The molecule has 0 bridgehead atoms. The van der Waals surface area contributed by atoms with Gasteiger partial charge in [0.05, 0.1) is 26.7 Å². The Labute approximate surface area is 234 Å². The average molecular weight is 554 g/mol. The molecule has 2 aromatic carbocycles. The third-order valence-electron chi connectivity index (χ3n) is 9.06. The van der Waals surface area contributed by atoms with Gasteiger partial charge in [-0.15, -0.1) is 10.3 Å². The molecule has 1 unspecified atom stereocenters. The first-order valence-corrected chi connectivity index (χ1v) is 13.7. The van der Waals surface area contributed by atoms with Gasteiger partial charge in [-0.2, -0.15) is 0 Å². The molecule has 4 aliphatic rings. The van der Waals surface area contributed by atoms with Crippen LogP contribution >= 0.6 is 0 Å². The largest absolute Gasteiger partial charge is 0.502 e. The van der Waals surface area contributed by atoms with Gasteiger partial charge in [-0.1, -0.05) is 0 Å². The number of nitrogens with zero attached hydrogens (tertiary/aromatic N) is 1. The Hall–Kier alpha value is -3.21. The lowest BCUT2D eigenvalue weighted by Gasteiger charge is -2.51. The number of ether oxygens (including phenoxy) is 5. The number of benzene rings is 2. The molecule has 3 heterocycles. The SMILES string of the molecule is COc1cc([C@@H]2c3cc4c(cc3[C@H](NC3CC(C)(C)N([O])C(C)(C)C3)C3COC(=O)[C@@H]32)OCO4)cc(OC)c1O. The molecule has 2 saturated heterocycles. The van der Waals surface area contributed by atoms with E-state index in [1.54, 1.807) is 12.1 Å². The Balaban J connectivity index is 1.49. The maximum atomic E-state index is 13.4. The second-order valence-electron chi connectivity index (χ2n) is 12.6. The second kappa shape index (κ2) is 9.43. The van der Waals surface area contributed by atoms with E-state index in [0.29, 0.717) is 24.3 Å². The van der Waals surface area contributed by atoms with E-state index >= 15 is 0 Å². The molecule has 0 spiro atoms. The van der Waals surface area contributed by atoms with Crippen LogP contribution in [0.4, 0.5) is 0 Å². The van der Waals surface area contributed by atoms with E-state index in [4.69, 9.17) is 23.7 Å². The number of piperidine rings is 1. The Morgan fingerprint density at radius 2 is 1.50 bits per heavy atom. The molecule has 10 nitrogen and oxygen atoms in total. The standard InChI is InChI=1S/C30H37N2O8/c1-29(2)11-16(12-30(3,4)32(29)35)31-26-18-10-21-20(39-14-40-21)9-17(18)24(25-19(26)13-38-28(25)34)15-7-22(36-5)27(33)23(8-15)37-6/h7-10,16,19,24-26,31,33H,11-14H2,1-6H3/t19?,24-,25+,26+/m1/s1. The summed E-state index contributed by atoms with van der Waals surface area (Å²) in [4.78, 5) is 13.4. The summed E-state index contributed by atoms with van der Waals surface area (Å²) in [6.45, 7) is 8.32. The minimum Gasteiger partial charge on any atom is -0.502 e. The molecule has 40 heavy (non-hydrogen) atoms. The monoisotopic (exact) mass is 553 g/mol. The van der Waals surface area contributed by atoms with Crippen molar-refractivity contribution >= 4 is 5.97 Å². The molecule has 0 aromatic heterocycles. The summed E-state index contributed by atoms with van der Waals surface area (Å²) in [6, 6.07) is 7.30. The zero-order valence-corrected chi connectivity index (χ0v) is 23.8. The maximum Gasteiger partial charge on any atom is 0.310 e. The number of esters is 1. The Bertz CT molecular complexity index is 1300. The molecular formula is C30H37N2O8. The van der Waals surface area contributed by atoms with Gasteiger partial charge in [0.15, 0.2) is 23.0 Å². The van der Waals surface area contributed by atoms with Crippen LogP contribution in [-0.4, -0.2) is 60.9 Å². The summed E-state index contributed by atoms with van der Waals surface area (Å²) < 4.78 is 28.2. The van der Waals surface area contributed by atoms with Crippen LogP contribution in [-0.2, 0) is 14.7 Å². The molecule has 2 N–H and O–H groups in total. The molecule has 215 valence electrons. The average Bonchev–Trinajstić information content (AvgIpc) is 3.52. The predicted octanol–water partition coefficient (Wildman–Crippen LogP) is 4.07. The van der Waals surface area contributed by atoms with Gasteiger partial charge >= 0.3 is 5.97 Å². The van der Waals surface area contributed by atoms with Gasteiger partial charge in [0.25, 0.3) is 0 Å². The highest BCUT2D eigenvalue weighted by atomic mass is 16.7. The highest BCUT2D eigenvalue weighted by Gasteiger charge is 2.54. The number of hydroxylamine groups is 2. The summed E-state index contributed by atoms with van der Waals surface area (Å²) >= 11 is 0. The van der Waals surface area contributed by atoms with Crippen LogP contribution in [0.3, 0.4) is 0 Å². The molecule has 0 amide bonds. The molecule has 1 aliphatic carbocycles. The minimum absolute atomic E-state index is 0.0419. The van der Waals surface area contributed by atoms with Gasteiger partial charge in [-0.3, -0.25) is 4.79 Å². The maximum absolute atomic E-state index is 13.4. The van der Waals surface area contributed by atoms with Gasteiger partial charge in [0.1, 0.15) is 0 Å². The smallest absolute Gasteiger partial charge is 0.310 e. The lowest BCUT2D eigenvalue weighted by atomic mass is 9.65. The molecule has 1 radical (unpaired) electrons. The summed E-state index contributed by atoms with van der Waals surface area (Å²) in [5.41, 5.74) is 1.58. The molecule has 2 fully saturated rings. The van der Waals surface area contributed by atoms with Crippen molar-refractivity contribution < 1.29 is 38.8 Å². The number of carbonyl (C=O) groups excluding carboxylic acids is 1. The van der Waals surface area contributed by atoms with Gasteiger partial charge in [-0.05, 0) is 81.5 Å². The number of cyclic esters (lactones) is 1. The van der Waals surface area contributed by atoms with Crippen molar-refractivity contribution in [1.82, 2.24) is 10.4 Å². The number of methoxy groups -OCH3 is 2. The molecular weight excluding hydrogens is 516 g/mol. The van der Waals surface area contributed by atoms with E-state index in [-0.39, 0.29) is 54.6 Å². The van der Waals surface area contributed by atoms with Crippen molar-refractivity contribution in [2.45, 2.75) is 69.6 Å².